The van der Waals surface area contributed by atoms with E-state index >= 15 is 0 Å². The Morgan fingerprint density at radius 2 is 1.83 bits per heavy atom. The number of rotatable bonds is 3. The molecule has 0 aliphatic heterocycles. The maximum Gasteiger partial charge on any atom is -0.0260 e. The van der Waals surface area contributed by atoms with E-state index in [-0.39, 0.29) is 0 Å². The molecule has 0 aromatic heterocycles. The molecule has 0 spiro atoms. The summed E-state index contributed by atoms with van der Waals surface area (Å²) in [5, 5.41) is 0. The fourth-order valence-corrected chi connectivity index (χ4v) is 1.28. The molecule has 0 aliphatic rings. The van der Waals surface area contributed by atoms with Crippen molar-refractivity contribution in [1.82, 2.24) is 0 Å². The van der Waals surface area contributed by atoms with Crippen molar-refractivity contribution in [2.24, 2.45) is 0 Å². The molecule has 1 aromatic carbocycles. The van der Waals surface area contributed by atoms with Gasteiger partial charge in [-0.25, -0.2) is 0 Å². The largest absolute Gasteiger partial charge is 0.0871 e. The first-order chi connectivity index (χ1) is 5.86. The molecule has 0 heterocycles. The van der Waals surface area contributed by atoms with E-state index in [4.69, 9.17) is 0 Å². The van der Waals surface area contributed by atoms with E-state index < -0.39 is 0 Å². The quantitative estimate of drug-likeness (QED) is 0.633. The van der Waals surface area contributed by atoms with Crippen LogP contribution in [0.15, 0.2) is 30.3 Å². The zero-order chi connectivity index (χ0) is 8.81. The van der Waals surface area contributed by atoms with Gasteiger partial charge in [0.05, 0.1) is 0 Å². The van der Waals surface area contributed by atoms with E-state index in [0.29, 0.717) is 0 Å². The molecule has 0 nitrogen and oxygen atoms in total. The van der Waals surface area contributed by atoms with Crippen LogP contribution in [0.5, 0.6) is 0 Å². The molecule has 0 saturated heterocycles. The molecule has 0 heteroatoms. The summed E-state index contributed by atoms with van der Waals surface area (Å²) in [5.41, 5.74) is 2.73. The van der Waals surface area contributed by atoms with E-state index in [9.17, 15) is 0 Å². The molecule has 0 saturated carbocycles. The Morgan fingerprint density at radius 3 is 2.33 bits per heavy atom. The van der Waals surface area contributed by atoms with Gasteiger partial charge in [0.1, 0.15) is 0 Å². The Labute approximate surface area is 74.9 Å². The molecule has 0 fully saturated rings. The van der Waals surface area contributed by atoms with Crippen molar-refractivity contribution in [3.05, 3.63) is 41.5 Å². The van der Waals surface area contributed by atoms with Crippen LogP contribution in [0.3, 0.4) is 0 Å². The van der Waals surface area contributed by atoms with Gasteiger partial charge in [-0.2, -0.15) is 0 Å². The van der Waals surface area contributed by atoms with Crippen molar-refractivity contribution in [1.29, 1.82) is 0 Å². The van der Waals surface area contributed by atoms with Gasteiger partial charge < -0.3 is 0 Å². The predicted octanol–water partition coefficient (Wildman–Crippen LogP) is 3.67. The number of hydrogen-bond donors (Lipinski definition) is 0. The third-order valence-corrected chi connectivity index (χ3v) is 1.88. The second-order valence-electron chi connectivity index (χ2n) is 2.99. The highest BCUT2D eigenvalue weighted by atomic mass is 13.9. The minimum Gasteiger partial charge on any atom is -0.0871 e. The first kappa shape index (κ1) is 9.05. The molecule has 0 radical (unpaired) electrons. The van der Waals surface area contributed by atoms with Gasteiger partial charge in [0.15, 0.2) is 0 Å². The Hall–Kier alpha value is -1.04. The SMILES string of the molecule is C/C=C\c1ccc(CCC)cc1. The minimum absolute atomic E-state index is 1.19. The summed E-state index contributed by atoms with van der Waals surface area (Å²) in [6.45, 7) is 4.25. The monoisotopic (exact) mass is 160 g/mol. The van der Waals surface area contributed by atoms with Gasteiger partial charge in [0, 0.05) is 0 Å². The average Bonchev–Trinajstić information content (AvgIpc) is 2.09. The van der Waals surface area contributed by atoms with Crippen molar-refractivity contribution in [3.63, 3.8) is 0 Å². The summed E-state index contributed by atoms with van der Waals surface area (Å²) < 4.78 is 0. The van der Waals surface area contributed by atoms with Crippen LogP contribution in [0.25, 0.3) is 6.08 Å². The normalized spacial score (nSPS) is 10.8. The van der Waals surface area contributed by atoms with E-state index in [0.717, 1.165) is 0 Å². The summed E-state index contributed by atoms with van der Waals surface area (Å²) >= 11 is 0. The predicted molar refractivity (Wildman–Crippen MR) is 55.1 cm³/mol. The third kappa shape index (κ3) is 2.54. The molecule has 1 rings (SSSR count). The Morgan fingerprint density at radius 1 is 1.17 bits per heavy atom. The van der Waals surface area contributed by atoms with E-state index in [1.165, 1.54) is 24.0 Å². The van der Waals surface area contributed by atoms with Crippen LogP contribution in [0, 0.1) is 0 Å². The second-order valence-corrected chi connectivity index (χ2v) is 2.99. The fourth-order valence-electron chi connectivity index (χ4n) is 1.28. The lowest BCUT2D eigenvalue weighted by molar-refractivity contribution is 0.922. The fraction of sp³-hybridized carbons (Fsp3) is 0.333. The topological polar surface area (TPSA) is 0 Å². The lowest BCUT2D eigenvalue weighted by Crippen LogP contribution is -1.81. The highest BCUT2D eigenvalue weighted by molar-refractivity contribution is 5.49. The Kier molecular flexibility index (Phi) is 3.59. The lowest BCUT2D eigenvalue weighted by Gasteiger charge is -1.98. The molecule has 0 amide bonds. The molecule has 0 unspecified atom stereocenters. The van der Waals surface area contributed by atoms with E-state index in [2.05, 4.69) is 43.3 Å². The summed E-state index contributed by atoms with van der Waals surface area (Å²) in [5.74, 6) is 0. The van der Waals surface area contributed by atoms with Crippen LogP contribution < -0.4 is 0 Å². The summed E-state index contributed by atoms with van der Waals surface area (Å²) in [7, 11) is 0. The zero-order valence-corrected chi connectivity index (χ0v) is 7.88. The second kappa shape index (κ2) is 4.76. The number of benzene rings is 1. The maximum atomic E-state index is 2.21. The van der Waals surface area contributed by atoms with Crippen LogP contribution >= 0.6 is 0 Å². The van der Waals surface area contributed by atoms with Crippen molar-refractivity contribution in [3.8, 4) is 0 Å². The van der Waals surface area contributed by atoms with Crippen LogP contribution in [-0.2, 0) is 6.42 Å². The molecule has 0 N–H and O–H groups in total. The minimum atomic E-state index is 1.19. The molecular formula is C12H16. The van der Waals surface area contributed by atoms with Gasteiger partial charge in [-0.05, 0) is 24.5 Å². The van der Waals surface area contributed by atoms with Crippen LogP contribution in [0.1, 0.15) is 31.4 Å². The van der Waals surface area contributed by atoms with Crippen LogP contribution in [-0.4, -0.2) is 0 Å². The third-order valence-electron chi connectivity index (χ3n) is 1.88. The number of aryl methyl sites for hydroxylation is 1. The molecule has 0 aliphatic carbocycles. The van der Waals surface area contributed by atoms with Gasteiger partial charge in [-0.1, -0.05) is 49.8 Å². The number of allylic oxidation sites excluding steroid dienone is 1. The number of hydrogen-bond acceptors (Lipinski definition) is 0. The van der Waals surface area contributed by atoms with Gasteiger partial charge in [0.25, 0.3) is 0 Å². The first-order valence-corrected chi connectivity index (χ1v) is 4.58. The molecular weight excluding hydrogens is 144 g/mol. The van der Waals surface area contributed by atoms with Gasteiger partial charge in [0.2, 0.25) is 0 Å². The summed E-state index contributed by atoms with van der Waals surface area (Å²) in [4.78, 5) is 0. The van der Waals surface area contributed by atoms with Crippen molar-refractivity contribution < 1.29 is 0 Å². The van der Waals surface area contributed by atoms with Crippen LogP contribution in [0.4, 0.5) is 0 Å². The van der Waals surface area contributed by atoms with Crippen molar-refractivity contribution >= 4 is 6.08 Å². The summed E-state index contributed by atoms with van der Waals surface area (Å²) in [6.07, 6.45) is 6.60. The Balaban J connectivity index is 2.71. The van der Waals surface area contributed by atoms with Gasteiger partial charge >= 0.3 is 0 Å². The van der Waals surface area contributed by atoms with E-state index in [1.807, 2.05) is 6.92 Å². The molecule has 12 heavy (non-hydrogen) atoms. The van der Waals surface area contributed by atoms with Gasteiger partial charge in [-0.15, -0.1) is 0 Å². The van der Waals surface area contributed by atoms with Crippen molar-refractivity contribution in [2.45, 2.75) is 26.7 Å². The molecule has 0 atom stereocenters. The summed E-state index contributed by atoms with van der Waals surface area (Å²) in [6, 6.07) is 8.76. The Bertz CT molecular complexity index is 241. The zero-order valence-electron chi connectivity index (χ0n) is 7.88. The molecule has 1 aromatic rings. The average molecular weight is 160 g/mol. The maximum absolute atomic E-state index is 2.21. The van der Waals surface area contributed by atoms with Crippen LogP contribution in [0.2, 0.25) is 0 Å². The standard InChI is InChI=1S/C12H16/c1-3-5-11-7-9-12(6-4-2)10-8-11/h3,5,7-10H,4,6H2,1-2H3/b5-3-. The highest BCUT2D eigenvalue weighted by Gasteiger charge is 1.89. The molecule has 64 valence electrons. The molecule has 0 bridgehead atoms. The first-order valence-electron chi connectivity index (χ1n) is 4.58. The lowest BCUT2D eigenvalue weighted by atomic mass is 10.1. The van der Waals surface area contributed by atoms with Crippen molar-refractivity contribution in [2.75, 3.05) is 0 Å². The van der Waals surface area contributed by atoms with E-state index in [1.54, 1.807) is 0 Å². The smallest absolute Gasteiger partial charge is 0.0260 e. The van der Waals surface area contributed by atoms with Gasteiger partial charge in [-0.3, -0.25) is 0 Å². The highest BCUT2D eigenvalue weighted by Crippen LogP contribution is 2.07.